The van der Waals surface area contributed by atoms with Gasteiger partial charge in [0.05, 0.1) is 0 Å². The van der Waals surface area contributed by atoms with E-state index < -0.39 is 0 Å². The highest BCUT2D eigenvalue weighted by molar-refractivity contribution is 5.29. The van der Waals surface area contributed by atoms with Crippen LogP contribution >= 0.6 is 0 Å². The van der Waals surface area contributed by atoms with Gasteiger partial charge in [-0.05, 0) is 48.9 Å². The van der Waals surface area contributed by atoms with Crippen LogP contribution in [-0.4, -0.2) is 18.1 Å². The fourth-order valence-electron chi connectivity index (χ4n) is 3.42. The fraction of sp³-hybridized carbons (Fsp3) is 0.667. The number of nitrogens with one attached hydrogen (secondary N) is 1. The van der Waals surface area contributed by atoms with Gasteiger partial charge in [-0.15, -0.1) is 0 Å². The zero-order chi connectivity index (χ0) is 12.4. The summed E-state index contributed by atoms with van der Waals surface area (Å²) in [6.45, 7) is 9.18. The fourth-order valence-corrected chi connectivity index (χ4v) is 3.42. The van der Waals surface area contributed by atoms with E-state index in [1.165, 1.54) is 24.8 Å². The zero-order valence-corrected chi connectivity index (χ0v) is 11.3. The van der Waals surface area contributed by atoms with Crippen molar-refractivity contribution in [3.05, 3.63) is 30.1 Å². The molecule has 1 saturated carbocycles. The lowest BCUT2D eigenvalue weighted by Gasteiger charge is -2.54. The molecule has 0 spiro atoms. The van der Waals surface area contributed by atoms with Crippen molar-refractivity contribution in [2.24, 2.45) is 5.41 Å². The second kappa shape index (κ2) is 4.77. The second-order valence-electron chi connectivity index (χ2n) is 6.21. The molecule has 1 aliphatic carbocycles. The molecule has 0 radical (unpaired) electrons. The minimum atomic E-state index is 0.349. The molecule has 0 saturated heterocycles. The maximum Gasteiger partial charge on any atom is 0.0270 e. The van der Waals surface area contributed by atoms with Gasteiger partial charge in [0, 0.05) is 24.4 Å². The lowest BCUT2D eigenvalue weighted by molar-refractivity contribution is 0.0564. The first-order valence-corrected chi connectivity index (χ1v) is 6.69. The topological polar surface area (TPSA) is 24.9 Å². The summed E-state index contributed by atoms with van der Waals surface area (Å²) in [5, 5.41) is 3.59. The molecular weight excluding hydrogens is 208 g/mol. The summed E-state index contributed by atoms with van der Waals surface area (Å²) in [6, 6.07) is 4.37. The van der Waals surface area contributed by atoms with Gasteiger partial charge in [0.15, 0.2) is 0 Å². The average Bonchev–Trinajstić information content (AvgIpc) is 2.28. The van der Waals surface area contributed by atoms with Crippen LogP contribution in [0.15, 0.2) is 24.5 Å². The second-order valence-corrected chi connectivity index (χ2v) is 6.21. The summed E-state index contributed by atoms with van der Waals surface area (Å²) in [5.41, 5.74) is 2.30. The standard InChI is InChI=1S/C15H24N2/c1-4-7-17-12-15(10-14(2,3)11-15)13-5-8-16-9-6-13/h5-6,8-9,17H,4,7,10-12H2,1-3H3. The van der Waals surface area contributed by atoms with Crippen LogP contribution in [0.5, 0.6) is 0 Å². The third kappa shape index (κ3) is 2.68. The molecule has 0 unspecified atom stereocenters. The summed E-state index contributed by atoms with van der Waals surface area (Å²) >= 11 is 0. The Morgan fingerprint density at radius 1 is 1.24 bits per heavy atom. The van der Waals surface area contributed by atoms with E-state index in [2.05, 4.69) is 43.2 Å². The van der Waals surface area contributed by atoms with Crippen molar-refractivity contribution in [3.8, 4) is 0 Å². The number of pyridine rings is 1. The summed E-state index contributed by atoms with van der Waals surface area (Å²) in [4.78, 5) is 4.13. The monoisotopic (exact) mass is 232 g/mol. The van der Waals surface area contributed by atoms with E-state index in [1.54, 1.807) is 0 Å². The van der Waals surface area contributed by atoms with E-state index in [0.717, 1.165) is 13.1 Å². The van der Waals surface area contributed by atoms with Crippen molar-refractivity contribution in [1.29, 1.82) is 0 Å². The molecule has 2 nitrogen and oxygen atoms in total. The molecule has 0 aliphatic heterocycles. The Morgan fingerprint density at radius 2 is 1.88 bits per heavy atom. The van der Waals surface area contributed by atoms with Crippen molar-refractivity contribution >= 4 is 0 Å². The van der Waals surface area contributed by atoms with Crippen molar-refractivity contribution in [2.45, 2.75) is 45.4 Å². The Balaban J connectivity index is 2.10. The minimum Gasteiger partial charge on any atom is -0.316 e. The predicted octanol–water partition coefficient (Wildman–Crippen LogP) is 3.14. The van der Waals surface area contributed by atoms with Crippen LogP contribution < -0.4 is 5.32 Å². The van der Waals surface area contributed by atoms with E-state index in [4.69, 9.17) is 0 Å². The average molecular weight is 232 g/mol. The first kappa shape index (κ1) is 12.6. The zero-order valence-electron chi connectivity index (χ0n) is 11.3. The summed E-state index contributed by atoms with van der Waals surface area (Å²) in [6.07, 6.45) is 7.60. The molecule has 0 aromatic carbocycles. The third-order valence-electron chi connectivity index (χ3n) is 3.82. The van der Waals surface area contributed by atoms with Crippen molar-refractivity contribution in [1.82, 2.24) is 10.3 Å². The summed E-state index contributed by atoms with van der Waals surface area (Å²) in [7, 11) is 0. The largest absolute Gasteiger partial charge is 0.316 e. The SMILES string of the molecule is CCCNCC1(c2ccncc2)CC(C)(C)C1. The molecule has 2 heteroatoms. The molecule has 17 heavy (non-hydrogen) atoms. The number of rotatable bonds is 5. The molecule has 1 N–H and O–H groups in total. The number of hydrogen-bond acceptors (Lipinski definition) is 2. The Labute approximate surface area is 105 Å². The molecule has 1 aliphatic rings. The van der Waals surface area contributed by atoms with Crippen LogP contribution in [0, 0.1) is 5.41 Å². The molecule has 0 amide bonds. The molecule has 0 atom stereocenters. The van der Waals surface area contributed by atoms with Crippen LogP contribution in [0.2, 0.25) is 0 Å². The van der Waals surface area contributed by atoms with Gasteiger partial charge < -0.3 is 5.32 Å². The van der Waals surface area contributed by atoms with Crippen molar-refractivity contribution in [3.63, 3.8) is 0 Å². The first-order valence-electron chi connectivity index (χ1n) is 6.69. The van der Waals surface area contributed by atoms with Crippen LogP contribution in [0.4, 0.5) is 0 Å². The van der Waals surface area contributed by atoms with Crippen LogP contribution in [0.3, 0.4) is 0 Å². The smallest absolute Gasteiger partial charge is 0.0270 e. The maximum atomic E-state index is 4.13. The normalized spacial score (nSPS) is 20.9. The Morgan fingerprint density at radius 3 is 2.41 bits per heavy atom. The molecule has 1 aromatic heterocycles. The third-order valence-corrected chi connectivity index (χ3v) is 3.82. The highest BCUT2D eigenvalue weighted by Gasteiger charge is 2.49. The van der Waals surface area contributed by atoms with Gasteiger partial charge in [0.25, 0.3) is 0 Å². The predicted molar refractivity (Wildman–Crippen MR) is 72.1 cm³/mol. The van der Waals surface area contributed by atoms with Gasteiger partial charge >= 0.3 is 0 Å². The summed E-state index contributed by atoms with van der Waals surface area (Å²) in [5.74, 6) is 0. The van der Waals surface area contributed by atoms with Gasteiger partial charge in [-0.25, -0.2) is 0 Å². The molecule has 1 aromatic rings. The summed E-state index contributed by atoms with van der Waals surface area (Å²) < 4.78 is 0. The number of aromatic nitrogens is 1. The lowest BCUT2D eigenvalue weighted by Crippen LogP contribution is -2.52. The van der Waals surface area contributed by atoms with E-state index in [9.17, 15) is 0 Å². The molecule has 94 valence electrons. The molecule has 1 fully saturated rings. The van der Waals surface area contributed by atoms with E-state index in [-0.39, 0.29) is 0 Å². The van der Waals surface area contributed by atoms with Gasteiger partial charge in [-0.2, -0.15) is 0 Å². The van der Waals surface area contributed by atoms with Gasteiger partial charge in [-0.3, -0.25) is 4.98 Å². The van der Waals surface area contributed by atoms with E-state index in [0.29, 0.717) is 10.8 Å². The quantitative estimate of drug-likeness (QED) is 0.789. The molecule has 2 rings (SSSR count). The number of nitrogens with zero attached hydrogens (tertiary/aromatic N) is 1. The highest BCUT2D eigenvalue weighted by Crippen LogP contribution is 2.54. The molecule has 0 bridgehead atoms. The first-order chi connectivity index (χ1) is 8.08. The van der Waals surface area contributed by atoms with E-state index in [1.807, 2.05) is 12.4 Å². The lowest BCUT2D eigenvalue weighted by atomic mass is 9.52. The molecular formula is C15H24N2. The van der Waals surface area contributed by atoms with Crippen molar-refractivity contribution in [2.75, 3.05) is 13.1 Å². The van der Waals surface area contributed by atoms with E-state index >= 15 is 0 Å². The Bertz CT molecular complexity index is 348. The van der Waals surface area contributed by atoms with Gasteiger partial charge in [-0.1, -0.05) is 20.8 Å². The van der Waals surface area contributed by atoms with Gasteiger partial charge in [0.2, 0.25) is 0 Å². The number of hydrogen-bond donors (Lipinski definition) is 1. The highest BCUT2D eigenvalue weighted by atomic mass is 14.9. The van der Waals surface area contributed by atoms with Crippen molar-refractivity contribution < 1.29 is 0 Å². The van der Waals surface area contributed by atoms with Gasteiger partial charge in [0.1, 0.15) is 0 Å². The maximum absolute atomic E-state index is 4.13. The van der Waals surface area contributed by atoms with Crippen LogP contribution in [0.1, 0.15) is 45.6 Å². The Hall–Kier alpha value is -0.890. The Kier molecular flexibility index (Phi) is 3.53. The molecule has 1 heterocycles. The van der Waals surface area contributed by atoms with Crippen LogP contribution in [0.25, 0.3) is 0 Å². The minimum absolute atomic E-state index is 0.349. The van der Waals surface area contributed by atoms with Crippen LogP contribution in [-0.2, 0) is 5.41 Å².